The van der Waals surface area contributed by atoms with Gasteiger partial charge in [0.25, 0.3) is 0 Å². The number of sulfonamides is 1. The average molecular weight is 362 g/mol. The molecule has 0 spiro atoms. The summed E-state index contributed by atoms with van der Waals surface area (Å²) in [6.07, 6.45) is 0. The summed E-state index contributed by atoms with van der Waals surface area (Å²) < 4.78 is 23.0. The van der Waals surface area contributed by atoms with Crippen LogP contribution >= 0.6 is 0 Å². The molecule has 2 rings (SSSR count). The van der Waals surface area contributed by atoms with Crippen LogP contribution in [0.3, 0.4) is 0 Å². The van der Waals surface area contributed by atoms with Crippen LogP contribution in [-0.4, -0.2) is 50.7 Å². The highest BCUT2D eigenvalue weighted by atomic mass is 32.2. The first-order valence-corrected chi connectivity index (χ1v) is 9.41. The summed E-state index contributed by atoms with van der Waals surface area (Å²) in [5, 5.41) is 5.19. The van der Waals surface area contributed by atoms with Crippen molar-refractivity contribution >= 4 is 27.1 Å². The molecular formula is C18H26N4O2S. The second-order valence-corrected chi connectivity index (χ2v) is 8.14. The lowest BCUT2D eigenvalue weighted by Gasteiger charge is -2.30. The quantitative estimate of drug-likeness (QED) is 0.883. The van der Waals surface area contributed by atoms with Gasteiger partial charge in [0, 0.05) is 47.8 Å². The Hall–Kier alpha value is -2.25. The molecule has 0 radical (unpaired) electrons. The van der Waals surface area contributed by atoms with Gasteiger partial charge < -0.3 is 14.7 Å². The third-order valence-electron chi connectivity index (χ3n) is 4.00. The van der Waals surface area contributed by atoms with Gasteiger partial charge in [-0.1, -0.05) is 18.2 Å². The standard InChI is InChI=1S/C18H26N4O2S/c1-20(2)16-12-11-15(17(21(3)4)18(16)22(5)6)13-7-9-14(10-8-13)25(19,23)24/h7-12H,1-6H3,(H2,19,23,24). The van der Waals surface area contributed by atoms with Crippen LogP contribution < -0.4 is 19.8 Å². The van der Waals surface area contributed by atoms with Crippen molar-refractivity contribution in [3.63, 3.8) is 0 Å². The zero-order valence-corrected chi connectivity index (χ0v) is 16.4. The van der Waals surface area contributed by atoms with Gasteiger partial charge in [0.1, 0.15) is 0 Å². The van der Waals surface area contributed by atoms with Gasteiger partial charge in [0.15, 0.2) is 0 Å². The number of rotatable bonds is 5. The minimum absolute atomic E-state index is 0.111. The highest BCUT2D eigenvalue weighted by molar-refractivity contribution is 7.89. The topological polar surface area (TPSA) is 69.9 Å². The Morgan fingerprint density at radius 2 is 1.24 bits per heavy atom. The molecule has 2 aromatic carbocycles. The van der Waals surface area contributed by atoms with Crippen LogP contribution in [0.1, 0.15) is 0 Å². The van der Waals surface area contributed by atoms with Crippen molar-refractivity contribution in [2.24, 2.45) is 5.14 Å². The van der Waals surface area contributed by atoms with Crippen LogP contribution in [0.15, 0.2) is 41.3 Å². The van der Waals surface area contributed by atoms with Gasteiger partial charge in [-0.2, -0.15) is 0 Å². The van der Waals surface area contributed by atoms with Gasteiger partial charge in [0.2, 0.25) is 10.0 Å². The molecule has 0 atom stereocenters. The molecule has 0 aromatic heterocycles. The molecule has 0 bridgehead atoms. The van der Waals surface area contributed by atoms with E-state index in [1.54, 1.807) is 24.3 Å². The Bertz CT molecular complexity index is 857. The van der Waals surface area contributed by atoms with Gasteiger partial charge in [-0.25, -0.2) is 13.6 Å². The Kier molecular flexibility index (Phi) is 5.29. The smallest absolute Gasteiger partial charge is 0.238 e. The molecule has 0 saturated heterocycles. The Labute approximate surface area is 150 Å². The molecule has 25 heavy (non-hydrogen) atoms. The predicted molar refractivity (Wildman–Crippen MR) is 106 cm³/mol. The summed E-state index contributed by atoms with van der Waals surface area (Å²) >= 11 is 0. The van der Waals surface area contributed by atoms with E-state index in [9.17, 15) is 8.42 Å². The van der Waals surface area contributed by atoms with E-state index in [2.05, 4.69) is 26.8 Å². The largest absolute Gasteiger partial charge is 0.376 e. The lowest BCUT2D eigenvalue weighted by atomic mass is 10.00. The SMILES string of the molecule is CN(C)c1ccc(-c2ccc(S(N)(=O)=O)cc2)c(N(C)C)c1N(C)C. The van der Waals surface area contributed by atoms with E-state index in [4.69, 9.17) is 5.14 Å². The number of anilines is 3. The van der Waals surface area contributed by atoms with E-state index < -0.39 is 10.0 Å². The first-order valence-electron chi connectivity index (χ1n) is 7.86. The number of hydrogen-bond acceptors (Lipinski definition) is 5. The van der Waals surface area contributed by atoms with Crippen molar-refractivity contribution in [1.29, 1.82) is 0 Å². The molecule has 0 amide bonds. The zero-order chi connectivity index (χ0) is 18.9. The number of primary sulfonamides is 1. The molecule has 2 aromatic rings. The second-order valence-electron chi connectivity index (χ2n) is 6.58. The predicted octanol–water partition coefficient (Wildman–Crippen LogP) is 2.20. The maximum absolute atomic E-state index is 11.5. The molecule has 2 N–H and O–H groups in total. The molecule has 7 heteroatoms. The van der Waals surface area contributed by atoms with Crippen molar-refractivity contribution in [2.45, 2.75) is 4.90 Å². The van der Waals surface area contributed by atoms with Crippen molar-refractivity contribution in [2.75, 3.05) is 57.0 Å². The molecular weight excluding hydrogens is 336 g/mol. The Morgan fingerprint density at radius 3 is 1.64 bits per heavy atom. The van der Waals surface area contributed by atoms with Crippen LogP contribution in [0.25, 0.3) is 11.1 Å². The third kappa shape index (κ3) is 3.88. The Balaban J connectivity index is 2.71. The van der Waals surface area contributed by atoms with Crippen LogP contribution in [0, 0.1) is 0 Å². The molecule has 0 fully saturated rings. The van der Waals surface area contributed by atoms with Gasteiger partial charge in [0.05, 0.1) is 22.0 Å². The summed E-state index contributed by atoms with van der Waals surface area (Å²) in [6.45, 7) is 0. The third-order valence-corrected chi connectivity index (χ3v) is 4.93. The van der Waals surface area contributed by atoms with Crippen LogP contribution in [0.4, 0.5) is 17.1 Å². The molecule has 0 aliphatic carbocycles. The van der Waals surface area contributed by atoms with Gasteiger partial charge >= 0.3 is 0 Å². The molecule has 136 valence electrons. The van der Waals surface area contributed by atoms with E-state index in [0.717, 1.165) is 28.2 Å². The second kappa shape index (κ2) is 6.93. The first kappa shape index (κ1) is 19.1. The molecule has 0 heterocycles. The van der Waals surface area contributed by atoms with Gasteiger partial charge in [-0.3, -0.25) is 0 Å². The minimum atomic E-state index is -3.69. The molecule has 0 aliphatic rings. The van der Waals surface area contributed by atoms with Gasteiger partial charge in [-0.15, -0.1) is 0 Å². The lowest BCUT2D eigenvalue weighted by Crippen LogP contribution is -2.21. The van der Waals surface area contributed by atoms with E-state index in [-0.39, 0.29) is 4.90 Å². The molecule has 0 aliphatic heterocycles. The number of nitrogens with two attached hydrogens (primary N) is 1. The fourth-order valence-corrected chi connectivity index (χ4v) is 3.40. The lowest BCUT2D eigenvalue weighted by molar-refractivity contribution is 0.598. The monoisotopic (exact) mass is 362 g/mol. The van der Waals surface area contributed by atoms with Crippen LogP contribution in [0.5, 0.6) is 0 Å². The summed E-state index contributed by atoms with van der Waals surface area (Å²) in [5.41, 5.74) is 5.24. The fourth-order valence-electron chi connectivity index (χ4n) is 2.88. The Morgan fingerprint density at radius 1 is 0.720 bits per heavy atom. The summed E-state index contributed by atoms with van der Waals surface area (Å²) in [7, 11) is 8.38. The average Bonchev–Trinajstić information content (AvgIpc) is 2.52. The van der Waals surface area contributed by atoms with E-state index >= 15 is 0 Å². The zero-order valence-electron chi connectivity index (χ0n) is 15.6. The molecule has 0 saturated carbocycles. The summed E-state index contributed by atoms with van der Waals surface area (Å²) in [6, 6.07) is 10.8. The van der Waals surface area contributed by atoms with Crippen molar-refractivity contribution in [3.8, 4) is 11.1 Å². The number of hydrogen-bond donors (Lipinski definition) is 1. The molecule has 6 nitrogen and oxygen atoms in total. The highest BCUT2D eigenvalue weighted by Gasteiger charge is 2.19. The highest BCUT2D eigenvalue weighted by Crippen LogP contribution is 2.43. The van der Waals surface area contributed by atoms with E-state index in [1.807, 2.05) is 42.3 Å². The van der Waals surface area contributed by atoms with Crippen molar-refractivity contribution in [1.82, 2.24) is 0 Å². The van der Waals surface area contributed by atoms with Gasteiger partial charge in [-0.05, 0) is 23.8 Å². The maximum atomic E-state index is 11.5. The number of benzene rings is 2. The van der Waals surface area contributed by atoms with Crippen LogP contribution in [0.2, 0.25) is 0 Å². The van der Waals surface area contributed by atoms with E-state index in [1.165, 1.54) is 0 Å². The van der Waals surface area contributed by atoms with Crippen molar-refractivity contribution < 1.29 is 8.42 Å². The molecule has 0 unspecified atom stereocenters. The fraction of sp³-hybridized carbons (Fsp3) is 0.333. The maximum Gasteiger partial charge on any atom is 0.238 e. The van der Waals surface area contributed by atoms with Crippen molar-refractivity contribution in [3.05, 3.63) is 36.4 Å². The number of nitrogens with zero attached hydrogens (tertiary/aromatic N) is 3. The summed E-state index contributed by atoms with van der Waals surface area (Å²) in [4.78, 5) is 6.36. The van der Waals surface area contributed by atoms with Crippen LogP contribution in [-0.2, 0) is 10.0 Å². The summed E-state index contributed by atoms with van der Waals surface area (Å²) in [5.74, 6) is 0. The first-order chi connectivity index (χ1) is 11.5. The van der Waals surface area contributed by atoms with E-state index in [0.29, 0.717) is 0 Å². The normalized spacial score (nSPS) is 11.3. The minimum Gasteiger partial charge on any atom is -0.376 e.